The molecule has 0 aliphatic carbocycles. The minimum Gasteiger partial charge on any atom is -0.383 e. The Hall–Kier alpha value is -4.52. The molecule has 0 spiro atoms. The van der Waals surface area contributed by atoms with Crippen LogP contribution in [-0.2, 0) is 34.5 Å². The van der Waals surface area contributed by atoms with Gasteiger partial charge in [-0.1, -0.05) is 54.6 Å². The Balaban J connectivity index is 1.67. The standard InChI is InChI=1S/C41H40F5N3O3S/c1-27-6-15-34-36(22-27)49(39(23-37(34)50)53-26-31-4-3-5-35(42)40(31)43)25-38(51)48(33-16-18-47(19-17-33)20-21-52-2)24-28-7-9-29(10-8-28)30-11-13-32(14-12-30)41(44,45)46/h3-15,22-23,33H,16-21,24-26H2,1-2H3/i6D,15D,16D2,17D2,18D2,19D2,22D,23D,24D2,26D2,33D. The van der Waals surface area contributed by atoms with Gasteiger partial charge in [-0.2, -0.15) is 13.2 Å². The van der Waals surface area contributed by atoms with Crippen LogP contribution in [0.3, 0.4) is 0 Å². The summed E-state index contributed by atoms with van der Waals surface area (Å²) in [6.45, 7) is -13.5. The van der Waals surface area contributed by atoms with E-state index in [4.69, 9.17) is 18.4 Å². The number of thioether (sulfide) groups is 1. The minimum atomic E-state index is -4.70. The third-order valence-electron chi connectivity index (χ3n) is 7.66. The lowest BCUT2D eigenvalue weighted by atomic mass is 10.00. The van der Waals surface area contributed by atoms with E-state index in [0.717, 1.165) is 74.7 Å². The maximum absolute atomic E-state index is 15.5. The van der Waals surface area contributed by atoms with E-state index in [0.29, 0.717) is 10.6 Å². The first kappa shape index (κ1) is 22.0. The van der Waals surface area contributed by atoms with Crippen LogP contribution >= 0.6 is 11.8 Å². The first-order chi connectivity index (χ1) is 32.0. The molecule has 1 fully saturated rings. The van der Waals surface area contributed by atoms with Crippen molar-refractivity contribution < 1.29 is 54.8 Å². The first-order valence-corrected chi connectivity index (χ1v) is 16.5. The highest BCUT2D eigenvalue weighted by molar-refractivity contribution is 7.98. The average molecular weight is 767 g/mol. The number of piperidine rings is 1. The Morgan fingerprint density at radius 1 is 1.04 bits per heavy atom. The lowest BCUT2D eigenvalue weighted by molar-refractivity contribution is -0.137. The number of methoxy groups -OCH3 is 1. The number of rotatable bonds is 12. The highest BCUT2D eigenvalue weighted by Gasteiger charge is 2.31. The number of amides is 1. The molecular weight excluding hydrogens is 710 g/mol. The normalized spacial score (nSPS) is 23.8. The van der Waals surface area contributed by atoms with E-state index in [1.165, 1.54) is 0 Å². The van der Waals surface area contributed by atoms with Crippen molar-refractivity contribution in [3.05, 3.63) is 135 Å². The summed E-state index contributed by atoms with van der Waals surface area (Å²) in [4.78, 5) is 29.1. The van der Waals surface area contributed by atoms with Crippen molar-refractivity contribution in [2.75, 3.05) is 33.3 Å². The Morgan fingerprint density at radius 2 is 1.72 bits per heavy atom. The molecule has 0 radical (unpaired) electrons. The molecule has 1 aliphatic heterocycles. The summed E-state index contributed by atoms with van der Waals surface area (Å²) in [5.74, 6) is -5.27. The first-order valence-electron chi connectivity index (χ1n) is 24.1. The topological polar surface area (TPSA) is 54.8 Å². The van der Waals surface area contributed by atoms with Crippen molar-refractivity contribution in [1.29, 1.82) is 0 Å². The molecule has 0 atom stereocenters. The van der Waals surface area contributed by atoms with E-state index in [-0.39, 0.29) is 33.4 Å². The van der Waals surface area contributed by atoms with E-state index in [2.05, 4.69) is 0 Å². The van der Waals surface area contributed by atoms with E-state index >= 15 is 9.18 Å². The van der Waals surface area contributed by atoms with Crippen LogP contribution in [0.5, 0.6) is 0 Å². The number of carbonyl (C=O) groups is 1. The fourth-order valence-corrected chi connectivity index (χ4v) is 5.75. The van der Waals surface area contributed by atoms with Crippen LogP contribution in [0.15, 0.2) is 101 Å². The summed E-state index contributed by atoms with van der Waals surface area (Å²) in [5.41, 5.74) is -8.34. The van der Waals surface area contributed by atoms with Gasteiger partial charge in [0, 0.05) is 75.6 Å². The number of hydrogen-bond acceptors (Lipinski definition) is 5. The second-order valence-corrected chi connectivity index (χ2v) is 12.1. The molecule has 1 aromatic heterocycles. The summed E-state index contributed by atoms with van der Waals surface area (Å²) < 4.78 is 229. The van der Waals surface area contributed by atoms with Gasteiger partial charge in [-0.05, 0) is 72.2 Å². The molecular formula is C41H40F5N3O3S. The molecule has 1 aliphatic rings. The maximum Gasteiger partial charge on any atom is 0.416 e. The Labute approximate surface area is 333 Å². The molecule has 6 nitrogen and oxygen atoms in total. The average Bonchev–Trinajstić information content (AvgIpc) is 3.27. The van der Waals surface area contributed by atoms with Crippen molar-refractivity contribution in [1.82, 2.24) is 14.4 Å². The Bertz CT molecular complexity index is 2910. The van der Waals surface area contributed by atoms with Crippen LogP contribution in [0.1, 0.15) is 58.3 Å². The monoisotopic (exact) mass is 766 g/mol. The smallest absolute Gasteiger partial charge is 0.383 e. The molecule has 6 rings (SSSR count). The molecule has 0 saturated carbocycles. The summed E-state index contributed by atoms with van der Waals surface area (Å²) in [7, 11) is 1.11. The molecule has 12 heteroatoms. The van der Waals surface area contributed by atoms with Gasteiger partial charge >= 0.3 is 6.18 Å². The number of alkyl halides is 3. The van der Waals surface area contributed by atoms with E-state index in [1.807, 2.05) is 0 Å². The number of aromatic nitrogens is 1. The fraction of sp³-hybridized carbons (Fsp3) is 0.317. The van der Waals surface area contributed by atoms with Crippen LogP contribution in [0.4, 0.5) is 22.0 Å². The number of halogens is 5. The zero-order chi connectivity index (χ0) is 52.9. The fourth-order valence-electron chi connectivity index (χ4n) is 4.97. The summed E-state index contributed by atoms with van der Waals surface area (Å²) in [5, 5.41) is -1.94. The summed E-state index contributed by atoms with van der Waals surface area (Å²) >= 11 is -0.220. The van der Waals surface area contributed by atoms with Gasteiger partial charge in [-0.25, -0.2) is 8.78 Å². The number of nitrogens with zero attached hydrogens (tertiary/aromatic N) is 3. The van der Waals surface area contributed by atoms with Gasteiger partial charge in [0.1, 0.15) is 6.54 Å². The lowest BCUT2D eigenvalue weighted by Crippen LogP contribution is -2.48. The lowest BCUT2D eigenvalue weighted by Gasteiger charge is -2.39. The minimum absolute atomic E-state index is 0.0563. The van der Waals surface area contributed by atoms with E-state index < -0.39 is 154 Å². The number of hydrogen-bond donors (Lipinski definition) is 0. The molecule has 4 aromatic carbocycles. The summed E-state index contributed by atoms with van der Waals surface area (Å²) in [6, 6.07) is 1.90. The van der Waals surface area contributed by atoms with Crippen molar-refractivity contribution in [3.8, 4) is 11.1 Å². The molecule has 0 bridgehead atoms. The third kappa shape index (κ3) is 9.17. The largest absolute Gasteiger partial charge is 0.416 e. The molecule has 2 heterocycles. The number of benzene rings is 4. The van der Waals surface area contributed by atoms with Crippen LogP contribution in [0, 0.1) is 18.6 Å². The zero-order valence-electron chi connectivity index (χ0n) is 44.8. The molecule has 0 unspecified atom stereocenters. The van der Waals surface area contributed by atoms with Crippen molar-refractivity contribution >= 4 is 28.6 Å². The highest BCUT2D eigenvalue weighted by atomic mass is 32.2. The number of likely N-dealkylation sites (tertiary alicyclic amines) is 1. The zero-order valence-corrected chi connectivity index (χ0v) is 28.7. The van der Waals surface area contributed by atoms with Crippen molar-refractivity contribution in [2.45, 2.75) is 55.6 Å². The van der Waals surface area contributed by atoms with Crippen LogP contribution in [-0.4, -0.2) is 59.5 Å². The van der Waals surface area contributed by atoms with Crippen LogP contribution < -0.4 is 5.43 Å². The quantitative estimate of drug-likeness (QED) is 0.0940. The SMILES string of the molecule is [2H]c1c(C)c([2H])c2c(c1[2H])c(=O)c([2H])c(SC([2H])([2H])c1cccc(F)c1F)n2CC(=O)N(C([2H])([2H])c1ccc(-c2ccc(C(F)(F)F)cc2)cc1)C1([2H])C([2H])([2H])C([2H])([2H])N(CCOC)C([2H])([2H])C1([2H])[2H]. The van der Waals surface area contributed by atoms with Gasteiger partial charge in [0.05, 0.1) is 32.3 Å². The highest BCUT2D eigenvalue weighted by Crippen LogP contribution is 2.32. The number of fused-ring (bicyclic) bond motifs is 1. The van der Waals surface area contributed by atoms with E-state index in [9.17, 15) is 32.0 Å². The second kappa shape index (κ2) is 16.7. The van der Waals surface area contributed by atoms with Crippen LogP contribution in [0.25, 0.3) is 22.0 Å². The molecule has 1 amide bonds. The van der Waals surface area contributed by atoms with Gasteiger partial charge < -0.3 is 19.1 Å². The van der Waals surface area contributed by atoms with Gasteiger partial charge in [0.15, 0.2) is 17.1 Å². The van der Waals surface area contributed by atoms with Gasteiger partial charge in [-0.15, -0.1) is 11.8 Å². The molecule has 278 valence electrons. The molecule has 0 N–H and O–H groups in total. The van der Waals surface area contributed by atoms with Crippen molar-refractivity contribution in [2.24, 2.45) is 0 Å². The Kier molecular flexibility index (Phi) is 6.91. The number of carbonyl (C=O) groups excluding carboxylic acids is 1. The maximum atomic E-state index is 15.5. The molecule has 1 saturated heterocycles. The van der Waals surface area contributed by atoms with Crippen molar-refractivity contribution in [3.63, 3.8) is 0 Å². The predicted octanol–water partition coefficient (Wildman–Crippen LogP) is 8.71. The number of pyridine rings is 1. The van der Waals surface area contributed by atoms with Crippen LogP contribution in [0.2, 0.25) is 0 Å². The van der Waals surface area contributed by atoms with Gasteiger partial charge in [-0.3, -0.25) is 9.59 Å². The predicted molar refractivity (Wildman–Crippen MR) is 198 cm³/mol. The van der Waals surface area contributed by atoms with E-state index in [1.54, 1.807) is 0 Å². The number of ether oxygens (including phenoxy) is 1. The Morgan fingerprint density at radius 3 is 2.38 bits per heavy atom. The van der Waals surface area contributed by atoms with Gasteiger partial charge in [0.2, 0.25) is 5.91 Å². The van der Waals surface area contributed by atoms with Gasteiger partial charge in [0.25, 0.3) is 0 Å². The molecule has 53 heavy (non-hydrogen) atoms. The third-order valence-corrected chi connectivity index (χ3v) is 8.50. The molecule has 5 aromatic rings. The second-order valence-electron chi connectivity index (χ2n) is 11.3. The summed E-state index contributed by atoms with van der Waals surface area (Å²) in [6.07, 6.45) is -13.1.